The van der Waals surface area contributed by atoms with Crippen molar-refractivity contribution in [2.45, 2.75) is 110 Å². The molecule has 0 saturated carbocycles. The molecule has 0 amide bonds. The molecule has 2 aliphatic carbocycles. The number of hydrogen-bond acceptors (Lipinski definition) is 1. The number of rotatable bonds is 2. The lowest BCUT2D eigenvalue weighted by Gasteiger charge is -2.35. The molecule has 0 fully saturated rings. The summed E-state index contributed by atoms with van der Waals surface area (Å²) in [5.41, 5.74) is 28.5. The molecule has 1 spiro atoms. The number of nitrogens with zero attached hydrogens (tertiary/aromatic N) is 2. The van der Waals surface area contributed by atoms with E-state index in [9.17, 15) is 0 Å². The highest BCUT2D eigenvalue weighted by molar-refractivity contribution is 6.99. The van der Waals surface area contributed by atoms with Crippen molar-refractivity contribution in [3.8, 4) is 56.3 Å². The predicted octanol–water partition coefficient (Wildman–Crippen LogP) is 18.0. The number of ether oxygens (including phenoxy) is 1. The first-order chi connectivity index (χ1) is 38.7. The van der Waals surface area contributed by atoms with E-state index in [0.29, 0.717) is 0 Å². The second-order valence-electron chi connectivity index (χ2n) is 28.1. The van der Waals surface area contributed by atoms with Crippen LogP contribution in [0.4, 0.5) is 0 Å². The van der Waals surface area contributed by atoms with Gasteiger partial charge in [0.2, 0.25) is 0 Å². The van der Waals surface area contributed by atoms with Crippen LogP contribution in [0.1, 0.15) is 128 Å². The van der Waals surface area contributed by atoms with Gasteiger partial charge >= 0.3 is 0 Å². The van der Waals surface area contributed by atoms with Crippen molar-refractivity contribution in [3.63, 3.8) is 0 Å². The van der Waals surface area contributed by atoms with Gasteiger partial charge in [-0.05, 0) is 158 Å². The number of fused-ring (bicyclic) bond motifs is 21. The molecule has 12 aromatic rings. The third-order valence-corrected chi connectivity index (χ3v) is 19.1. The summed E-state index contributed by atoms with van der Waals surface area (Å²) < 4.78 is 13.0. The molecule has 3 nitrogen and oxygen atoms in total. The molecule has 0 radical (unpaired) electrons. The molecule has 2 aliphatic heterocycles. The largest absolute Gasteiger partial charge is 0.458 e. The van der Waals surface area contributed by atoms with Gasteiger partial charge in [0, 0.05) is 32.9 Å². The summed E-state index contributed by atoms with van der Waals surface area (Å²) in [5, 5.41) is 5.06. The molecule has 4 heteroatoms. The molecule has 4 heterocycles. The maximum atomic E-state index is 7.76. The van der Waals surface area contributed by atoms with Crippen molar-refractivity contribution in [1.29, 1.82) is 0 Å². The summed E-state index contributed by atoms with van der Waals surface area (Å²) in [6, 6.07) is 73.0. The second-order valence-corrected chi connectivity index (χ2v) is 28.1. The lowest BCUT2D eigenvalue weighted by molar-refractivity contribution is 0.486. The van der Waals surface area contributed by atoms with Crippen LogP contribution in [0.3, 0.4) is 0 Å². The van der Waals surface area contributed by atoms with E-state index in [-0.39, 0.29) is 28.4 Å². The molecule has 0 N–H and O–H groups in total. The lowest BCUT2D eigenvalue weighted by Crippen LogP contribution is -2.58. The Morgan fingerprint density at radius 3 is 1.42 bits per heavy atom. The van der Waals surface area contributed by atoms with Crippen LogP contribution in [0.2, 0.25) is 0 Å². The van der Waals surface area contributed by atoms with Crippen molar-refractivity contribution in [1.82, 2.24) is 9.13 Å². The third-order valence-electron chi connectivity index (χ3n) is 19.1. The molecule has 0 bridgehead atoms. The van der Waals surface area contributed by atoms with Gasteiger partial charge in [0.15, 0.2) is 0 Å². The Kier molecular flexibility index (Phi) is 9.58. The normalized spacial score (nSPS) is 14.6. The van der Waals surface area contributed by atoms with Crippen molar-refractivity contribution < 1.29 is 4.74 Å². The fourth-order valence-electron chi connectivity index (χ4n) is 15.0. The number of aromatic nitrogens is 2. The Morgan fingerprint density at radius 1 is 0.370 bits per heavy atom. The summed E-state index contributed by atoms with van der Waals surface area (Å²) in [7, 11) is 0. The average Bonchev–Trinajstić information content (AvgIpc) is 3.10. The maximum Gasteiger partial charge on any atom is 0.256 e. The fourth-order valence-corrected chi connectivity index (χ4v) is 15.0. The highest BCUT2D eigenvalue weighted by Crippen LogP contribution is 2.63. The molecule has 81 heavy (non-hydrogen) atoms. The summed E-state index contributed by atoms with van der Waals surface area (Å²) in [4.78, 5) is 0. The van der Waals surface area contributed by atoms with Crippen molar-refractivity contribution in [3.05, 3.63) is 233 Å². The molecule has 0 saturated heterocycles. The van der Waals surface area contributed by atoms with Gasteiger partial charge in [0.1, 0.15) is 11.5 Å². The summed E-state index contributed by atoms with van der Waals surface area (Å²) >= 11 is 0. The van der Waals surface area contributed by atoms with Crippen LogP contribution in [0, 0.1) is 0 Å². The fraction of sp³-hybridized carbons (Fsp3) is 0.221. The van der Waals surface area contributed by atoms with Crippen molar-refractivity contribution in [2.24, 2.45) is 0 Å². The zero-order chi connectivity index (χ0) is 55.6. The topological polar surface area (TPSA) is 19.1 Å². The lowest BCUT2D eigenvalue weighted by atomic mass is 9.34. The van der Waals surface area contributed by atoms with Crippen molar-refractivity contribution in [2.75, 3.05) is 0 Å². The number of benzene rings is 10. The monoisotopic (exact) mass is 1050 g/mol. The van der Waals surface area contributed by atoms with Gasteiger partial charge < -0.3 is 13.9 Å². The zero-order valence-corrected chi connectivity index (χ0v) is 48.8. The van der Waals surface area contributed by atoms with Crippen LogP contribution in [-0.4, -0.2) is 15.8 Å². The van der Waals surface area contributed by atoms with E-state index in [1.807, 2.05) is 0 Å². The van der Waals surface area contributed by atoms with Crippen LogP contribution in [0.25, 0.3) is 88.4 Å². The minimum Gasteiger partial charge on any atom is -0.458 e. The summed E-state index contributed by atoms with van der Waals surface area (Å²) in [5.74, 6) is 1.85. The quantitative estimate of drug-likeness (QED) is 0.158. The van der Waals surface area contributed by atoms with Crippen molar-refractivity contribution >= 4 is 66.7 Å². The smallest absolute Gasteiger partial charge is 0.256 e. The zero-order valence-electron chi connectivity index (χ0n) is 48.8. The van der Waals surface area contributed by atoms with Crippen LogP contribution in [-0.2, 0) is 27.1 Å². The number of hydrogen-bond donors (Lipinski definition) is 0. The first-order valence-electron chi connectivity index (χ1n) is 29.4. The van der Waals surface area contributed by atoms with Crippen LogP contribution >= 0.6 is 0 Å². The first kappa shape index (κ1) is 48.6. The van der Waals surface area contributed by atoms with E-state index < -0.39 is 5.41 Å². The van der Waals surface area contributed by atoms with E-state index in [2.05, 4.69) is 280 Å². The minimum atomic E-state index is -0.508. The minimum absolute atomic E-state index is 0.0595. The Hall–Kier alpha value is -8.34. The van der Waals surface area contributed by atoms with Crippen LogP contribution < -0.4 is 21.1 Å². The summed E-state index contributed by atoms with van der Waals surface area (Å²) in [6.07, 6.45) is 0. The summed E-state index contributed by atoms with van der Waals surface area (Å²) in [6.45, 7) is 28.0. The predicted molar refractivity (Wildman–Crippen MR) is 343 cm³/mol. The van der Waals surface area contributed by atoms with Gasteiger partial charge in [-0.1, -0.05) is 229 Å². The van der Waals surface area contributed by atoms with Crippen LogP contribution in [0.15, 0.2) is 188 Å². The molecule has 0 atom stereocenters. The van der Waals surface area contributed by atoms with Gasteiger partial charge in [-0.15, -0.1) is 0 Å². The highest BCUT2D eigenvalue weighted by Gasteiger charge is 2.53. The molecular weight excluding hydrogens is 980 g/mol. The average molecular weight is 1050 g/mol. The van der Waals surface area contributed by atoms with E-state index in [0.717, 1.165) is 17.1 Å². The molecule has 394 valence electrons. The van der Waals surface area contributed by atoms with Gasteiger partial charge in [0.25, 0.3) is 6.71 Å². The molecule has 2 aromatic heterocycles. The number of para-hydroxylation sites is 2. The SMILES string of the molecule is CC(C)(C)c1cc(-c2cc3c4c(c2)-n2c5ccccc5c5c2c(cc2c6ccccc6n(-c6cc(C(C)(C)C)cc(C(C)(C)C)c6)c25)B4c2cc4c(cc2O3)C2(c3ccccc3-c3ccccc32)c2ccccc2-4)cc(C(C)(C)C)c1. The molecular formula is C77H67BN2O. The Bertz CT molecular complexity index is 4670. The molecule has 4 aliphatic rings. The Balaban J connectivity index is 1.06. The first-order valence-corrected chi connectivity index (χ1v) is 29.4. The maximum absolute atomic E-state index is 7.76. The van der Waals surface area contributed by atoms with E-state index in [1.54, 1.807) is 0 Å². The third kappa shape index (κ3) is 6.54. The van der Waals surface area contributed by atoms with Gasteiger partial charge in [0.05, 0.1) is 27.5 Å². The van der Waals surface area contributed by atoms with E-state index in [4.69, 9.17) is 4.74 Å². The van der Waals surface area contributed by atoms with E-state index in [1.165, 1.54) is 144 Å². The second kappa shape index (κ2) is 16.0. The van der Waals surface area contributed by atoms with Gasteiger partial charge in [-0.2, -0.15) is 0 Å². The molecule has 10 aromatic carbocycles. The Morgan fingerprint density at radius 2 is 0.852 bits per heavy atom. The van der Waals surface area contributed by atoms with Gasteiger partial charge in [-0.3, -0.25) is 0 Å². The molecule has 16 rings (SSSR count). The van der Waals surface area contributed by atoms with Gasteiger partial charge in [-0.25, -0.2) is 0 Å². The standard InChI is InChI=1S/C77H67BN2O/c1-73(2,3)46-33-44(34-47(37-46)74(4,5)6)45-35-66-70-68(36-45)81-67-43-61-56(53-25-15-20-30-60(53)77(61)58-28-18-13-23-51(58)52-24-14-19-29-59(52)77)41-62(67)78(70)63-42-57-54-26-16-21-31-64(54)79(50-39-48(75(7,8)9)38-49(40-50)76(10,11)12)71(57)69-55-27-17-22-32-65(55)80(66)72(63)69/h13-43H,1-12H3. The highest BCUT2D eigenvalue weighted by atomic mass is 16.5. The van der Waals surface area contributed by atoms with E-state index >= 15 is 0 Å². The molecule has 0 unspecified atom stereocenters. The Labute approximate surface area is 477 Å². The van der Waals surface area contributed by atoms with Crippen LogP contribution in [0.5, 0.6) is 11.5 Å².